The van der Waals surface area contributed by atoms with Crippen LogP contribution < -0.4 is 0 Å². The van der Waals surface area contributed by atoms with Gasteiger partial charge >= 0.3 is 0 Å². The van der Waals surface area contributed by atoms with Gasteiger partial charge in [-0.15, -0.1) is 11.8 Å². The first-order valence-electron chi connectivity index (χ1n) is 6.72. The number of carbonyl (C=O) groups excluding carboxylic acids is 1. The molecule has 0 aliphatic carbocycles. The molecule has 21 heavy (non-hydrogen) atoms. The van der Waals surface area contributed by atoms with Crippen LogP contribution in [0.1, 0.15) is 17.9 Å². The van der Waals surface area contributed by atoms with Crippen LogP contribution >= 0.6 is 23.4 Å². The van der Waals surface area contributed by atoms with E-state index < -0.39 is 0 Å². The molecule has 112 valence electrons. The molecule has 2 aromatic rings. The summed E-state index contributed by atoms with van der Waals surface area (Å²) in [6, 6.07) is 11.5. The minimum Gasteiger partial charge on any atom is -0.464 e. The highest BCUT2D eigenvalue weighted by Gasteiger charge is 2.11. The molecule has 1 heterocycles. The summed E-state index contributed by atoms with van der Waals surface area (Å²) in [5, 5.41) is 0.726. The van der Waals surface area contributed by atoms with Gasteiger partial charge in [0.05, 0.1) is 6.54 Å². The van der Waals surface area contributed by atoms with Crippen molar-refractivity contribution in [1.29, 1.82) is 0 Å². The zero-order valence-corrected chi connectivity index (χ0v) is 13.7. The SMILES string of the molecule is Cc1ccc(CN(C)C(=O)CCSc2ccc(Cl)cc2)o1. The van der Waals surface area contributed by atoms with Crippen LogP contribution in [-0.4, -0.2) is 23.6 Å². The Morgan fingerprint density at radius 3 is 2.57 bits per heavy atom. The number of hydrogen-bond acceptors (Lipinski definition) is 3. The van der Waals surface area contributed by atoms with Crippen LogP contribution in [0.15, 0.2) is 45.7 Å². The molecule has 0 N–H and O–H groups in total. The number of halogens is 1. The van der Waals surface area contributed by atoms with Gasteiger partial charge in [-0.25, -0.2) is 0 Å². The summed E-state index contributed by atoms with van der Waals surface area (Å²) in [6.07, 6.45) is 0.503. The second kappa shape index (κ2) is 7.57. The predicted octanol–water partition coefficient (Wildman–Crippen LogP) is 4.38. The Bertz CT molecular complexity index is 595. The Kier molecular flexibility index (Phi) is 5.76. The van der Waals surface area contributed by atoms with Gasteiger partial charge in [-0.3, -0.25) is 4.79 Å². The van der Waals surface area contributed by atoms with Crippen molar-refractivity contribution < 1.29 is 9.21 Å². The van der Waals surface area contributed by atoms with Gasteiger partial charge in [-0.1, -0.05) is 11.6 Å². The number of rotatable bonds is 6. The maximum absolute atomic E-state index is 12.0. The molecular weight excluding hydrogens is 306 g/mol. The van der Waals surface area contributed by atoms with E-state index in [2.05, 4.69) is 0 Å². The zero-order chi connectivity index (χ0) is 15.2. The first-order valence-corrected chi connectivity index (χ1v) is 8.08. The smallest absolute Gasteiger partial charge is 0.223 e. The van der Waals surface area contributed by atoms with E-state index in [0.717, 1.165) is 27.2 Å². The average molecular weight is 324 g/mol. The normalized spacial score (nSPS) is 10.6. The Labute approximate surface area is 134 Å². The van der Waals surface area contributed by atoms with Crippen LogP contribution in [0.3, 0.4) is 0 Å². The topological polar surface area (TPSA) is 33.5 Å². The molecule has 0 fully saturated rings. The third kappa shape index (κ3) is 5.14. The van der Waals surface area contributed by atoms with Gasteiger partial charge in [-0.05, 0) is 43.3 Å². The highest BCUT2D eigenvalue weighted by atomic mass is 35.5. The Hall–Kier alpha value is -1.39. The van der Waals surface area contributed by atoms with Gasteiger partial charge in [0.2, 0.25) is 5.91 Å². The molecule has 0 unspecified atom stereocenters. The van der Waals surface area contributed by atoms with Crippen molar-refractivity contribution in [1.82, 2.24) is 4.90 Å². The highest BCUT2D eigenvalue weighted by Crippen LogP contribution is 2.21. The predicted molar refractivity (Wildman–Crippen MR) is 86.7 cm³/mol. The fourth-order valence-corrected chi connectivity index (χ4v) is 2.84. The molecule has 1 aromatic heterocycles. The average Bonchev–Trinajstić information content (AvgIpc) is 2.86. The van der Waals surface area contributed by atoms with Crippen LogP contribution in [0.2, 0.25) is 5.02 Å². The lowest BCUT2D eigenvalue weighted by atomic mass is 10.3. The quantitative estimate of drug-likeness (QED) is 0.740. The van der Waals surface area contributed by atoms with Gasteiger partial charge in [0.25, 0.3) is 0 Å². The van der Waals surface area contributed by atoms with Crippen molar-refractivity contribution in [2.24, 2.45) is 0 Å². The molecule has 1 amide bonds. The van der Waals surface area contributed by atoms with Gasteiger partial charge in [0, 0.05) is 29.1 Å². The van der Waals surface area contributed by atoms with Crippen molar-refractivity contribution in [3.63, 3.8) is 0 Å². The molecule has 0 saturated carbocycles. The summed E-state index contributed by atoms with van der Waals surface area (Å²) in [5.74, 6) is 2.55. The number of thioether (sulfide) groups is 1. The van der Waals surface area contributed by atoms with Gasteiger partial charge in [0.15, 0.2) is 0 Å². The lowest BCUT2D eigenvalue weighted by Crippen LogP contribution is -2.26. The molecule has 0 aliphatic rings. The largest absolute Gasteiger partial charge is 0.464 e. The standard InChI is InChI=1S/C16H18ClNO2S/c1-12-3-6-14(20-12)11-18(2)16(19)9-10-21-15-7-4-13(17)5-8-15/h3-8H,9-11H2,1-2H3. The Morgan fingerprint density at radius 2 is 1.95 bits per heavy atom. The van der Waals surface area contributed by atoms with Crippen molar-refractivity contribution in [2.45, 2.75) is 24.8 Å². The lowest BCUT2D eigenvalue weighted by molar-refractivity contribution is -0.130. The summed E-state index contributed by atoms with van der Waals surface area (Å²) in [4.78, 5) is 14.9. The minimum absolute atomic E-state index is 0.116. The van der Waals surface area contributed by atoms with E-state index in [-0.39, 0.29) is 5.91 Å². The monoisotopic (exact) mass is 323 g/mol. The first kappa shape index (κ1) is 16.0. The molecule has 0 bridgehead atoms. The van der Waals surface area contributed by atoms with Gasteiger partial charge < -0.3 is 9.32 Å². The number of benzene rings is 1. The number of carbonyl (C=O) groups is 1. The lowest BCUT2D eigenvalue weighted by Gasteiger charge is -2.15. The summed E-state index contributed by atoms with van der Waals surface area (Å²) in [6.45, 7) is 2.41. The Balaban J connectivity index is 1.74. The third-order valence-electron chi connectivity index (χ3n) is 3.01. The van der Waals surface area contributed by atoms with Crippen molar-refractivity contribution in [2.75, 3.05) is 12.8 Å². The van der Waals surface area contributed by atoms with Crippen molar-refractivity contribution in [3.8, 4) is 0 Å². The molecule has 5 heteroatoms. The third-order valence-corrected chi connectivity index (χ3v) is 4.28. The molecule has 3 nitrogen and oxygen atoms in total. The highest BCUT2D eigenvalue weighted by molar-refractivity contribution is 7.99. The second-order valence-electron chi connectivity index (χ2n) is 4.81. The molecule has 1 aromatic carbocycles. The number of aryl methyl sites for hydroxylation is 1. The van der Waals surface area contributed by atoms with Crippen molar-refractivity contribution >= 4 is 29.3 Å². The van der Waals surface area contributed by atoms with E-state index >= 15 is 0 Å². The maximum atomic E-state index is 12.0. The summed E-state index contributed by atoms with van der Waals surface area (Å²) < 4.78 is 5.48. The molecule has 0 atom stereocenters. The zero-order valence-electron chi connectivity index (χ0n) is 12.1. The van der Waals surface area contributed by atoms with Crippen molar-refractivity contribution in [3.05, 3.63) is 52.9 Å². The fourth-order valence-electron chi connectivity index (χ4n) is 1.87. The molecule has 0 saturated heterocycles. The summed E-state index contributed by atoms with van der Waals surface area (Å²) in [7, 11) is 1.80. The Morgan fingerprint density at radius 1 is 1.24 bits per heavy atom. The van der Waals surface area contributed by atoms with Crippen LogP contribution in [0, 0.1) is 6.92 Å². The van der Waals surface area contributed by atoms with E-state index in [1.165, 1.54) is 0 Å². The van der Waals surface area contributed by atoms with E-state index in [1.54, 1.807) is 23.7 Å². The molecule has 0 spiro atoms. The summed E-state index contributed by atoms with van der Waals surface area (Å²) >= 11 is 7.49. The molecule has 0 aliphatic heterocycles. The van der Waals surface area contributed by atoms with E-state index in [1.807, 2.05) is 43.3 Å². The van der Waals surface area contributed by atoms with Crippen LogP contribution in [0.4, 0.5) is 0 Å². The van der Waals surface area contributed by atoms with E-state index in [4.69, 9.17) is 16.0 Å². The van der Waals surface area contributed by atoms with E-state index in [9.17, 15) is 4.79 Å². The molecule has 2 rings (SSSR count). The fraction of sp³-hybridized carbons (Fsp3) is 0.312. The van der Waals surface area contributed by atoms with Gasteiger partial charge in [-0.2, -0.15) is 0 Å². The van der Waals surface area contributed by atoms with Gasteiger partial charge in [0.1, 0.15) is 11.5 Å². The van der Waals surface area contributed by atoms with E-state index in [0.29, 0.717) is 13.0 Å². The van der Waals surface area contributed by atoms with Crippen LogP contribution in [0.25, 0.3) is 0 Å². The maximum Gasteiger partial charge on any atom is 0.223 e. The first-order chi connectivity index (χ1) is 10.0. The number of furan rings is 1. The number of hydrogen-bond donors (Lipinski definition) is 0. The van der Waals surface area contributed by atoms with Crippen LogP contribution in [-0.2, 0) is 11.3 Å². The van der Waals surface area contributed by atoms with Crippen LogP contribution in [0.5, 0.6) is 0 Å². The number of amides is 1. The molecule has 0 radical (unpaired) electrons. The summed E-state index contributed by atoms with van der Waals surface area (Å²) in [5.41, 5.74) is 0. The number of nitrogens with zero attached hydrogens (tertiary/aromatic N) is 1. The second-order valence-corrected chi connectivity index (χ2v) is 6.42. The minimum atomic E-state index is 0.116. The molecular formula is C16H18ClNO2S.